The van der Waals surface area contributed by atoms with Crippen molar-refractivity contribution in [1.29, 1.82) is 0 Å². The molecule has 0 atom stereocenters. The van der Waals surface area contributed by atoms with Gasteiger partial charge in [0.05, 0.1) is 11.2 Å². The van der Waals surface area contributed by atoms with Gasteiger partial charge in [-0.05, 0) is 17.7 Å². The summed E-state index contributed by atoms with van der Waals surface area (Å²) in [5.41, 5.74) is 2.15. The van der Waals surface area contributed by atoms with E-state index in [0.29, 0.717) is 15.6 Å². The molecule has 0 bridgehead atoms. The van der Waals surface area contributed by atoms with E-state index < -0.39 is 5.82 Å². The molecule has 5 aromatic rings. The van der Waals surface area contributed by atoms with Crippen LogP contribution in [-0.2, 0) is 6.54 Å². The molecule has 2 aromatic heterocycles. The van der Waals surface area contributed by atoms with Gasteiger partial charge in [0, 0.05) is 11.6 Å². The number of hydrogen-bond acceptors (Lipinski definition) is 5. The van der Waals surface area contributed by atoms with Crippen molar-refractivity contribution in [3.8, 4) is 11.3 Å². The summed E-state index contributed by atoms with van der Waals surface area (Å²) >= 11 is 1.26. The number of para-hydroxylation sites is 1. The summed E-state index contributed by atoms with van der Waals surface area (Å²) in [4.78, 5) is 19.3. The van der Waals surface area contributed by atoms with Gasteiger partial charge in [0.25, 0.3) is 5.91 Å². The number of benzene rings is 3. The maximum Gasteiger partial charge on any atom is 0.282 e. The van der Waals surface area contributed by atoms with Gasteiger partial charge >= 0.3 is 0 Å². The molecular formula is C24H16FN3O2S. The molecule has 2 heterocycles. The normalized spacial score (nSPS) is 11.0. The van der Waals surface area contributed by atoms with Crippen LogP contribution in [0.25, 0.3) is 21.5 Å². The third kappa shape index (κ3) is 3.83. The third-order valence-electron chi connectivity index (χ3n) is 4.81. The molecule has 3 aromatic carbocycles. The van der Waals surface area contributed by atoms with Gasteiger partial charge in [-0.25, -0.2) is 9.37 Å². The van der Waals surface area contributed by atoms with E-state index in [1.165, 1.54) is 22.3 Å². The fourth-order valence-electron chi connectivity index (χ4n) is 3.26. The minimum absolute atomic E-state index is 0.162. The Morgan fingerprint density at radius 3 is 2.45 bits per heavy atom. The van der Waals surface area contributed by atoms with Crippen molar-refractivity contribution in [3.05, 3.63) is 102 Å². The summed E-state index contributed by atoms with van der Waals surface area (Å²) in [5.74, 6) is -0.284. The fourth-order valence-corrected chi connectivity index (χ4v) is 4.24. The van der Waals surface area contributed by atoms with Crippen molar-refractivity contribution >= 4 is 32.6 Å². The summed E-state index contributed by atoms with van der Waals surface area (Å²) < 4.78 is 20.3. The number of hydrogen-bond donors (Lipinski definition) is 0. The van der Waals surface area contributed by atoms with Gasteiger partial charge in [0.1, 0.15) is 11.3 Å². The molecule has 5 nitrogen and oxygen atoms in total. The van der Waals surface area contributed by atoms with Crippen LogP contribution >= 0.6 is 11.3 Å². The SMILES string of the molecule is O=C(c1cc(-c2ccccc2)on1)N(Cc1ccccc1)c1nc2c(F)cccc2s1. The molecule has 152 valence electrons. The Hall–Kier alpha value is -3.84. The molecule has 5 rings (SSSR count). The standard InChI is InChI=1S/C24H16FN3O2S/c25-18-12-7-13-21-22(18)26-24(31-21)28(15-16-8-3-1-4-9-16)23(29)19-14-20(30-27-19)17-10-5-2-6-11-17/h1-14H,15H2. The Balaban J connectivity index is 1.54. The summed E-state index contributed by atoms with van der Waals surface area (Å²) in [6, 6.07) is 25.4. The maximum atomic E-state index is 14.2. The number of nitrogens with zero attached hydrogens (tertiary/aromatic N) is 3. The number of carbonyl (C=O) groups excluding carboxylic acids is 1. The molecule has 0 aliphatic rings. The van der Waals surface area contributed by atoms with Gasteiger partial charge in [-0.2, -0.15) is 0 Å². The minimum atomic E-state index is -0.417. The van der Waals surface area contributed by atoms with E-state index in [2.05, 4.69) is 10.1 Å². The molecule has 0 saturated carbocycles. The lowest BCUT2D eigenvalue weighted by Crippen LogP contribution is -2.30. The third-order valence-corrected chi connectivity index (χ3v) is 5.85. The van der Waals surface area contributed by atoms with Crippen LogP contribution in [0.2, 0.25) is 0 Å². The molecule has 0 spiro atoms. The summed E-state index contributed by atoms with van der Waals surface area (Å²) in [5, 5.41) is 4.39. The number of halogens is 1. The van der Waals surface area contributed by atoms with Crippen molar-refractivity contribution in [2.75, 3.05) is 4.90 Å². The second-order valence-electron chi connectivity index (χ2n) is 6.90. The molecular weight excluding hydrogens is 413 g/mol. The Morgan fingerprint density at radius 2 is 1.71 bits per heavy atom. The molecule has 0 unspecified atom stereocenters. The second kappa shape index (κ2) is 8.12. The van der Waals surface area contributed by atoms with Crippen LogP contribution in [-0.4, -0.2) is 16.0 Å². The van der Waals surface area contributed by atoms with Gasteiger partial charge in [-0.15, -0.1) is 0 Å². The number of amides is 1. The predicted octanol–water partition coefficient (Wildman–Crippen LogP) is 5.94. The van der Waals surface area contributed by atoms with Crippen molar-refractivity contribution in [1.82, 2.24) is 10.1 Å². The summed E-state index contributed by atoms with van der Waals surface area (Å²) in [7, 11) is 0. The Kier molecular flexibility index (Phi) is 5.01. The van der Waals surface area contributed by atoms with Crippen molar-refractivity contribution in [3.63, 3.8) is 0 Å². The lowest BCUT2D eigenvalue weighted by Gasteiger charge is -2.18. The highest BCUT2D eigenvalue weighted by Crippen LogP contribution is 2.32. The lowest BCUT2D eigenvalue weighted by molar-refractivity contribution is 0.0976. The van der Waals surface area contributed by atoms with Crippen LogP contribution in [0.1, 0.15) is 16.1 Å². The Morgan fingerprint density at radius 1 is 0.968 bits per heavy atom. The molecule has 1 amide bonds. The number of rotatable bonds is 5. The van der Waals surface area contributed by atoms with Gasteiger partial charge in [0.15, 0.2) is 16.6 Å². The highest BCUT2D eigenvalue weighted by atomic mass is 32.1. The topological polar surface area (TPSA) is 59.2 Å². The summed E-state index contributed by atoms with van der Waals surface area (Å²) in [6.07, 6.45) is 0. The second-order valence-corrected chi connectivity index (χ2v) is 7.91. The van der Waals surface area contributed by atoms with E-state index in [1.54, 1.807) is 18.2 Å². The largest absolute Gasteiger partial charge is 0.355 e. The zero-order valence-corrected chi connectivity index (χ0v) is 17.1. The van der Waals surface area contributed by atoms with Crippen LogP contribution in [0, 0.1) is 5.82 Å². The zero-order chi connectivity index (χ0) is 21.2. The van der Waals surface area contributed by atoms with E-state index in [9.17, 15) is 9.18 Å². The van der Waals surface area contributed by atoms with Crippen LogP contribution in [0.5, 0.6) is 0 Å². The number of thiazole rings is 1. The van der Waals surface area contributed by atoms with Crippen molar-refractivity contribution in [2.24, 2.45) is 0 Å². The maximum absolute atomic E-state index is 14.2. The highest BCUT2D eigenvalue weighted by Gasteiger charge is 2.25. The average molecular weight is 429 g/mol. The lowest BCUT2D eigenvalue weighted by atomic mass is 10.1. The van der Waals surface area contributed by atoms with Crippen molar-refractivity contribution in [2.45, 2.75) is 6.54 Å². The Bertz CT molecular complexity index is 1350. The van der Waals surface area contributed by atoms with Gasteiger partial charge in [-0.1, -0.05) is 83.2 Å². The molecule has 0 N–H and O–H groups in total. The van der Waals surface area contributed by atoms with E-state index in [0.717, 1.165) is 11.1 Å². The molecule has 0 aliphatic heterocycles. The first-order valence-electron chi connectivity index (χ1n) is 9.62. The molecule has 0 radical (unpaired) electrons. The number of anilines is 1. The van der Waals surface area contributed by atoms with E-state index in [1.807, 2.05) is 60.7 Å². The Labute approximate surface area is 181 Å². The quantitative estimate of drug-likeness (QED) is 0.347. The first-order chi connectivity index (χ1) is 15.2. The predicted molar refractivity (Wildman–Crippen MR) is 118 cm³/mol. The van der Waals surface area contributed by atoms with Gasteiger partial charge in [0.2, 0.25) is 0 Å². The zero-order valence-electron chi connectivity index (χ0n) is 16.2. The van der Waals surface area contributed by atoms with E-state index in [-0.39, 0.29) is 23.7 Å². The van der Waals surface area contributed by atoms with Gasteiger partial charge in [-0.3, -0.25) is 9.69 Å². The molecule has 31 heavy (non-hydrogen) atoms. The number of fused-ring (bicyclic) bond motifs is 1. The first-order valence-corrected chi connectivity index (χ1v) is 10.4. The van der Waals surface area contributed by atoms with Gasteiger partial charge < -0.3 is 4.52 Å². The molecule has 0 saturated heterocycles. The monoisotopic (exact) mass is 429 g/mol. The smallest absolute Gasteiger partial charge is 0.282 e. The van der Waals surface area contributed by atoms with E-state index >= 15 is 0 Å². The molecule has 7 heteroatoms. The molecule has 0 aliphatic carbocycles. The summed E-state index contributed by atoms with van der Waals surface area (Å²) in [6.45, 7) is 0.272. The van der Waals surface area contributed by atoms with E-state index in [4.69, 9.17) is 4.52 Å². The average Bonchev–Trinajstić information content (AvgIpc) is 3.47. The highest BCUT2D eigenvalue weighted by molar-refractivity contribution is 7.22. The minimum Gasteiger partial charge on any atom is -0.355 e. The van der Waals surface area contributed by atoms with Crippen molar-refractivity contribution < 1.29 is 13.7 Å². The van der Waals surface area contributed by atoms with Crippen LogP contribution in [0.3, 0.4) is 0 Å². The van der Waals surface area contributed by atoms with Crippen LogP contribution in [0.4, 0.5) is 9.52 Å². The number of aromatic nitrogens is 2. The number of carbonyl (C=O) groups is 1. The fraction of sp³-hybridized carbons (Fsp3) is 0.0417. The molecule has 0 fully saturated rings. The first kappa shape index (κ1) is 19.1. The van der Waals surface area contributed by atoms with Crippen LogP contribution in [0.15, 0.2) is 89.5 Å². The van der Waals surface area contributed by atoms with Crippen LogP contribution < -0.4 is 4.90 Å².